The van der Waals surface area contributed by atoms with Crippen LogP contribution in [0, 0.1) is 17.3 Å². The molecule has 0 aromatic heterocycles. The molecule has 0 heterocycles. The summed E-state index contributed by atoms with van der Waals surface area (Å²) in [6, 6.07) is 0. The number of esters is 1. The average Bonchev–Trinajstić information content (AvgIpc) is 2.49. The van der Waals surface area contributed by atoms with Gasteiger partial charge in [0.1, 0.15) is 6.10 Å². The van der Waals surface area contributed by atoms with Crippen molar-refractivity contribution in [1.82, 2.24) is 0 Å². The van der Waals surface area contributed by atoms with E-state index in [1.54, 1.807) is 5.41 Å². The van der Waals surface area contributed by atoms with Crippen molar-refractivity contribution in [2.45, 2.75) is 46.1 Å². The number of allylic oxidation sites excluding steroid dienone is 3. The van der Waals surface area contributed by atoms with Crippen LogP contribution in [0.15, 0.2) is 35.3 Å². The minimum Gasteiger partial charge on any atom is -0.459 e. The zero-order valence-electron chi connectivity index (χ0n) is 14.4. The highest BCUT2D eigenvalue weighted by Crippen LogP contribution is 2.52. The lowest BCUT2D eigenvalue weighted by Crippen LogP contribution is -2.46. The first kappa shape index (κ1) is 18.1. The lowest BCUT2D eigenvalue weighted by atomic mass is 9.57. The predicted octanol–water partition coefficient (Wildman–Crippen LogP) is 4.30. The topological polar surface area (TPSA) is 43.4 Å². The van der Waals surface area contributed by atoms with Crippen LogP contribution >= 0.6 is 11.8 Å². The molecule has 2 aliphatic carbocycles. The van der Waals surface area contributed by atoms with Crippen molar-refractivity contribution in [3.05, 3.63) is 35.3 Å². The summed E-state index contributed by atoms with van der Waals surface area (Å²) in [4.78, 5) is 24.2. The average molecular weight is 334 g/mol. The summed E-state index contributed by atoms with van der Waals surface area (Å²) < 4.78 is 5.67. The number of rotatable bonds is 4. The molecular weight excluding hydrogens is 308 g/mol. The molecule has 23 heavy (non-hydrogen) atoms. The molecule has 1 fully saturated rings. The van der Waals surface area contributed by atoms with Gasteiger partial charge in [-0.15, -0.1) is 11.8 Å². The smallest absolute Gasteiger partial charge is 0.331 e. The van der Waals surface area contributed by atoms with Crippen LogP contribution in [-0.2, 0) is 14.3 Å². The molecule has 3 nitrogen and oxygen atoms in total. The van der Waals surface area contributed by atoms with Gasteiger partial charge in [-0.3, -0.25) is 4.79 Å². The zero-order valence-corrected chi connectivity index (χ0v) is 15.2. The van der Waals surface area contributed by atoms with Gasteiger partial charge in [0.05, 0.1) is 0 Å². The maximum absolute atomic E-state index is 12.3. The van der Waals surface area contributed by atoms with Crippen LogP contribution in [0.1, 0.15) is 40.0 Å². The van der Waals surface area contributed by atoms with E-state index in [1.165, 1.54) is 23.4 Å². The highest BCUT2D eigenvalue weighted by Gasteiger charge is 2.48. The van der Waals surface area contributed by atoms with Crippen LogP contribution < -0.4 is 0 Å². The maximum Gasteiger partial charge on any atom is 0.331 e. The Morgan fingerprint density at radius 1 is 1.52 bits per heavy atom. The van der Waals surface area contributed by atoms with Gasteiger partial charge in [0.2, 0.25) is 0 Å². The lowest BCUT2D eigenvalue weighted by molar-refractivity contribution is -0.150. The number of hydrogen-bond donors (Lipinski definition) is 0. The van der Waals surface area contributed by atoms with E-state index in [0.29, 0.717) is 0 Å². The number of fused-ring (bicyclic) bond motifs is 1. The van der Waals surface area contributed by atoms with Crippen LogP contribution in [0.3, 0.4) is 0 Å². The minimum absolute atomic E-state index is 0.102. The standard InChI is InChI=1S/C19H26O3S/c1-12(2)15-11-19(4)13(3)17(22-18(21)8-9-23-5)7-6-14(19)10-16(15)20/h8-10,13,15,17H,1,6-7,11H2,2-5H3/b9-8-/t13-,15+,17+,19+/m0/s1. The van der Waals surface area contributed by atoms with Crippen LogP contribution in [0.4, 0.5) is 0 Å². The van der Waals surface area contributed by atoms with Gasteiger partial charge in [0, 0.05) is 17.9 Å². The summed E-state index contributed by atoms with van der Waals surface area (Å²) in [7, 11) is 0. The third kappa shape index (κ3) is 3.63. The predicted molar refractivity (Wildman–Crippen MR) is 95.1 cm³/mol. The third-order valence-corrected chi connectivity index (χ3v) is 5.89. The number of carbonyl (C=O) groups excluding carboxylic acids is 2. The van der Waals surface area contributed by atoms with E-state index in [9.17, 15) is 9.59 Å². The second-order valence-corrected chi connectivity index (χ2v) is 7.68. The molecule has 0 aromatic rings. The fourth-order valence-electron chi connectivity index (χ4n) is 3.78. The first-order valence-corrected chi connectivity index (χ1v) is 9.38. The Hall–Kier alpha value is -1.29. The van der Waals surface area contributed by atoms with Crippen LogP contribution in [0.2, 0.25) is 0 Å². The molecule has 2 rings (SSSR count). The van der Waals surface area contributed by atoms with Crippen molar-refractivity contribution in [2.75, 3.05) is 6.26 Å². The van der Waals surface area contributed by atoms with E-state index in [0.717, 1.165) is 24.8 Å². The molecule has 0 radical (unpaired) electrons. The normalized spacial score (nSPS) is 34.0. The van der Waals surface area contributed by atoms with Crippen molar-refractivity contribution in [2.24, 2.45) is 17.3 Å². The number of ketones is 1. The molecule has 0 bridgehead atoms. The summed E-state index contributed by atoms with van der Waals surface area (Å²) in [6.45, 7) is 10.2. The molecule has 0 amide bonds. The number of thioether (sulfide) groups is 1. The Morgan fingerprint density at radius 3 is 2.83 bits per heavy atom. The van der Waals surface area contributed by atoms with Crippen LogP contribution in [0.5, 0.6) is 0 Å². The summed E-state index contributed by atoms with van der Waals surface area (Å²) in [6.07, 6.45) is 7.48. The fourth-order valence-corrected chi connectivity index (χ4v) is 4.02. The van der Waals surface area contributed by atoms with Crippen molar-refractivity contribution in [3.8, 4) is 0 Å². The monoisotopic (exact) mass is 334 g/mol. The second-order valence-electron chi connectivity index (χ2n) is 6.93. The van der Waals surface area contributed by atoms with E-state index >= 15 is 0 Å². The summed E-state index contributed by atoms with van der Waals surface area (Å²) >= 11 is 1.48. The Balaban J connectivity index is 2.20. The molecule has 0 saturated heterocycles. The number of hydrogen-bond acceptors (Lipinski definition) is 4. The molecule has 0 aliphatic heterocycles. The van der Waals surface area contributed by atoms with Crippen LogP contribution in [0.25, 0.3) is 0 Å². The molecule has 0 aromatic carbocycles. The molecular formula is C19H26O3S. The zero-order chi connectivity index (χ0) is 17.2. The first-order chi connectivity index (χ1) is 10.8. The van der Waals surface area contributed by atoms with Gasteiger partial charge in [-0.1, -0.05) is 31.6 Å². The summed E-state index contributed by atoms with van der Waals surface area (Å²) in [5.74, 6) is -0.0350. The largest absolute Gasteiger partial charge is 0.459 e. The SMILES string of the molecule is C=C(C)[C@H]1C[C@@]2(C)C(=CC1=O)CC[C@@H](OC(=O)/C=C\SC)[C@@H]2C. The third-order valence-electron chi connectivity index (χ3n) is 5.49. The molecule has 4 atom stereocenters. The Morgan fingerprint density at radius 2 is 2.22 bits per heavy atom. The van der Waals surface area contributed by atoms with Crippen molar-refractivity contribution >= 4 is 23.5 Å². The molecule has 0 unspecified atom stereocenters. The van der Waals surface area contributed by atoms with Gasteiger partial charge in [-0.05, 0) is 49.3 Å². The molecule has 4 heteroatoms. The molecule has 0 N–H and O–H groups in total. The molecule has 0 spiro atoms. The van der Waals surface area contributed by atoms with Gasteiger partial charge in [0.15, 0.2) is 5.78 Å². The van der Waals surface area contributed by atoms with Gasteiger partial charge < -0.3 is 4.74 Å². The molecule has 126 valence electrons. The Bertz CT molecular complexity index is 575. The number of carbonyl (C=O) groups is 2. The summed E-state index contributed by atoms with van der Waals surface area (Å²) in [5, 5.41) is 1.74. The van der Waals surface area contributed by atoms with Crippen molar-refractivity contribution in [3.63, 3.8) is 0 Å². The van der Waals surface area contributed by atoms with E-state index in [1.807, 2.05) is 19.3 Å². The Labute approximate surface area is 143 Å². The van der Waals surface area contributed by atoms with Gasteiger partial charge in [-0.2, -0.15) is 0 Å². The first-order valence-electron chi connectivity index (χ1n) is 8.10. The van der Waals surface area contributed by atoms with Gasteiger partial charge in [-0.25, -0.2) is 4.79 Å². The van der Waals surface area contributed by atoms with Gasteiger partial charge >= 0.3 is 5.97 Å². The van der Waals surface area contributed by atoms with E-state index in [4.69, 9.17) is 4.74 Å². The van der Waals surface area contributed by atoms with Crippen molar-refractivity contribution < 1.29 is 14.3 Å². The minimum atomic E-state index is -0.282. The highest BCUT2D eigenvalue weighted by molar-refractivity contribution is 8.01. The molecule has 1 saturated carbocycles. The Kier molecular flexibility index (Phi) is 5.56. The van der Waals surface area contributed by atoms with E-state index in [-0.39, 0.29) is 35.1 Å². The highest BCUT2D eigenvalue weighted by atomic mass is 32.2. The maximum atomic E-state index is 12.3. The fraction of sp³-hybridized carbons (Fsp3) is 0.579. The number of ether oxygens (including phenoxy) is 1. The summed E-state index contributed by atoms with van der Waals surface area (Å²) in [5.41, 5.74) is 2.02. The van der Waals surface area contributed by atoms with E-state index in [2.05, 4.69) is 20.4 Å². The quantitative estimate of drug-likeness (QED) is 0.437. The van der Waals surface area contributed by atoms with Crippen molar-refractivity contribution in [1.29, 1.82) is 0 Å². The van der Waals surface area contributed by atoms with Crippen LogP contribution in [-0.4, -0.2) is 24.1 Å². The van der Waals surface area contributed by atoms with Gasteiger partial charge in [0.25, 0.3) is 0 Å². The molecule has 2 aliphatic rings. The second kappa shape index (κ2) is 7.08. The lowest BCUT2D eigenvalue weighted by Gasteiger charge is -2.49. The van der Waals surface area contributed by atoms with E-state index < -0.39 is 0 Å².